The molecular weight excluding hydrogens is 208 g/mol. The molecule has 1 unspecified atom stereocenters. The number of likely N-dealkylation sites (tertiary alicyclic amines) is 1. The number of rotatable bonds is 7. The average Bonchev–Trinajstić information content (AvgIpc) is 2.63. The lowest BCUT2D eigenvalue weighted by atomic mass is 10.1. The van der Waals surface area contributed by atoms with Gasteiger partial charge < -0.3 is 16.0 Å². The SMILES string of the molecule is [N-]=[N+]=NCC1CC(=O)N(CCNCCN)C1. The highest BCUT2D eigenvalue weighted by atomic mass is 16.2. The number of nitrogens with two attached hydrogens (primary N) is 1. The van der Waals surface area contributed by atoms with Crippen molar-refractivity contribution in [1.82, 2.24) is 10.2 Å². The van der Waals surface area contributed by atoms with Gasteiger partial charge in [-0.05, 0) is 11.4 Å². The van der Waals surface area contributed by atoms with Crippen LogP contribution in [-0.2, 0) is 4.79 Å². The predicted octanol–water partition coefficient (Wildman–Crippen LogP) is -0.306. The van der Waals surface area contributed by atoms with E-state index in [4.69, 9.17) is 11.3 Å². The summed E-state index contributed by atoms with van der Waals surface area (Å²) in [5.41, 5.74) is 13.5. The molecule has 1 fully saturated rings. The molecule has 1 amide bonds. The van der Waals surface area contributed by atoms with Gasteiger partial charge in [-0.1, -0.05) is 5.11 Å². The Morgan fingerprint density at radius 2 is 2.44 bits per heavy atom. The zero-order chi connectivity index (χ0) is 11.8. The molecule has 16 heavy (non-hydrogen) atoms. The number of hydrogen-bond acceptors (Lipinski definition) is 4. The van der Waals surface area contributed by atoms with Crippen molar-refractivity contribution in [2.45, 2.75) is 6.42 Å². The maximum Gasteiger partial charge on any atom is 0.222 e. The lowest BCUT2D eigenvalue weighted by Crippen LogP contribution is -2.35. The monoisotopic (exact) mass is 226 g/mol. The van der Waals surface area contributed by atoms with E-state index in [9.17, 15) is 4.79 Å². The molecular formula is C9H18N6O. The van der Waals surface area contributed by atoms with Crippen molar-refractivity contribution >= 4 is 5.91 Å². The first-order valence-electron chi connectivity index (χ1n) is 5.47. The topological polar surface area (TPSA) is 107 Å². The Hall–Kier alpha value is -1.30. The Morgan fingerprint density at radius 3 is 3.12 bits per heavy atom. The van der Waals surface area contributed by atoms with Crippen LogP contribution in [0.5, 0.6) is 0 Å². The summed E-state index contributed by atoms with van der Waals surface area (Å²) in [5.74, 6) is 0.325. The summed E-state index contributed by atoms with van der Waals surface area (Å²) in [7, 11) is 0. The van der Waals surface area contributed by atoms with E-state index in [-0.39, 0.29) is 11.8 Å². The van der Waals surface area contributed by atoms with Crippen molar-refractivity contribution in [2.75, 3.05) is 39.3 Å². The van der Waals surface area contributed by atoms with Crippen LogP contribution < -0.4 is 11.1 Å². The van der Waals surface area contributed by atoms with Crippen molar-refractivity contribution < 1.29 is 4.79 Å². The van der Waals surface area contributed by atoms with E-state index in [1.165, 1.54) is 0 Å². The largest absolute Gasteiger partial charge is 0.341 e. The second kappa shape index (κ2) is 7.05. The molecule has 1 atom stereocenters. The summed E-state index contributed by atoms with van der Waals surface area (Å²) in [6.07, 6.45) is 0.496. The molecule has 1 heterocycles. The lowest BCUT2D eigenvalue weighted by Gasteiger charge is -2.16. The van der Waals surface area contributed by atoms with Crippen molar-refractivity contribution in [1.29, 1.82) is 0 Å². The zero-order valence-corrected chi connectivity index (χ0v) is 9.30. The van der Waals surface area contributed by atoms with Gasteiger partial charge in [0.1, 0.15) is 0 Å². The van der Waals surface area contributed by atoms with Crippen molar-refractivity contribution in [3.8, 4) is 0 Å². The Labute approximate surface area is 94.6 Å². The number of azide groups is 1. The molecule has 0 aromatic carbocycles. The van der Waals surface area contributed by atoms with E-state index in [1.807, 2.05) is 0 Å². The van der Waals surface area contributed by atoms with Gasteiger partial charge in [0, 0.05) is 50.6 Å². The van der Waals surface area contributed by atoms with E-state index in [0.29, 0.717) is 32.6 Å². The van der Waals surface area contributed by atoms with Crippen LogP contribution in [0.25, 0.3) is 10.4 Å². The van der Waals surface area contributed by atoms with Crippen molar-refractivity contribution in [3.63, 3.8) is 0 Å². The molecule has 0 spiro atoms. The van der Waals surface area contributed by atoms with Crippen LogP contribution in [0.2, 0.25) is 0 Å². The second-order valence-electron chi connectivity index (χ2n) is 3.86. The Bertz CT molecular complexity index is 275. The zero-order valence-electron chi connectivity index (χ0n) is 9.30. The van der Waals surface area contributed by atoms with Crippen molar-refractivity contribution in [3.05, 3.63) is 10.4 Å². The third-order valence-electron chi connectivity index (χ3n) is 2.58. The van der Waals surface area contributed by atoms with Gasteiger partial charge in [0.25, 0.3) is 0 Å². The van der Waals surface area contributed by atoms with E-state index < -0.39 is 0 Å². The maximum absolute atomic E-state index is 11.6. The van der Waals surface area contributed by atoms with Crippen LogP contribution in [0.15, 0.2) is 5.11 Å². The standard InChI is InChI=1S/C9H18N6O/c10-1-2-12-3-4-15-7-8(5-9(15)16)6-13-14-11/h8,12H,1-7,10H2. The minimum absolute atomic E-state index is 0.146. The predicted molar refractivity (Wildman–Crippen MR) is 60.6 cm³/mol. The molecule has 7 heteroatoms. The van der Waals surface area contributed by atoms with Crippen LogP contribution >= 0.6 is 0 Å². The number of carbonyl (C=O) groups is 1. The van der Waals surface area contributed by atoms with Crippen LogP contribution in [0, 0.1) is 5.92 Å². The Kier molecular flexibility index (Phi) is 5.63. The fraction of sp³-hybridized carbons (Fsp3) is 0.889. The first kappa shape index (κ1) is 12.8. The molecule has 1 aliphatic heterocycles. The van der Waals surface area contributed by atoms with Gasteiger partial charge in [0.15, 0.2) is 0 Å². The molecule has 90 valence electrons. The summed E-state index contributed by atoms with van der Waals surface area (Å²) in [6.45, 7) is 3.94. The van der Waals surface area contributed by atoms with E-state index in [1.54, 1.807) is 4.90 Å². The number of nitrogens with one attached hydrogen (secondary N) is 1. The van der Waals surface area contributed by atoms with Crippen LogP contribution in [0.1, 0.15) is 6.42 Å². The molecule has 1 rings (SSSR count). The van der Waals surface area contributed by atoms with Crippen LogP contribution in [0.4, 0.5) is 0 Å². The summed E-state index contributed by atoms with van der Waals surface area (Å²) >= 11 is 0. The van der Waals surface area contributed by atoms with Crippen molar-refractivity contribution in [2.24, 2.45) is 16.8 Å². The van der Waals surface area contributed by atoms with Gasteiger partial charge in [0.05, 0.1) is 0 Å². The molecule has 0 aromatic heterocycles. The summed E-state index contributed by atoms with van der Waals surface area (Å²) < 4.78 is 0. The Morgan fingerprint density at radius 1 is 1.62 bits per heavy atom. The summed E-state index contributed by atoms with van der Waals surface area (Å²) in [5, 5.41) is 6.64. The first-order chi connectivity index (χ1) is 7.77. The third-order valence-corrected chi connectivity index (χ3v) is 2.58. The van der Waals surface area contributed by atoms with E-state index in [0.717, 1.165) is 13.1 Å². The maximum atomic E-state index is 11.6. The lowest BCUT2D eigenvalue weighted by molar-refractivity contribution is -0.127. The molecule has 1 aliphatic rings. The number of amides is 1. The molecule has 1 saturated heterocycles. The smallest absolute Gasteiger partial charge is 0.222 e. The molecule has 0 bridgehead atoms. The highest BCUT2D eigenvalue weighted by molar-refractivity contribution is 5.78. The van der Waals surface area contributed by atoms with Gasteiger partial charge in [-0.15, -0.1) is 0 Å². The van der Waals surface area contributed by atoms with E-state index >= 15 is 0 Å². The Balaban J connectivity index is 2.22. The highest BCUT2D eigenvalue weighted by Gasteiger charge is 2.28. The van der Waals surface area contributed by atoms with Crippen LogP contribution in [-0.4, -0.2) is 50.1 Å². The minimum Gasteiger partial charge on any atom is -0.341 e. The fourth-order valence-corrected chi connectivity index (χ4v) is 1.79. The molecule has 0 aromatic rings. The van der Waals surface area contributed by atoms with E-state index in [2.05, 4.69) is 15.3 Å². The first-order valence-corrected chi connectivity index (χ1v) is 5.47. The average molecular weight is 226 g/mol. The highest BCUT2D eigenvalue weighted by Crippen LogP contribution is 2.17. The molecule has 0 radical (unpaired) electrons. The number of hydrogen-bond donors (Lipinski definition) is 2. The van der Waals surface area contributed by atoms with Gasteiger partial charge in [-0.25, -0.2) is 0 Å². The van der Waals surface area contributed by atoms with Gasteiger partial charge >= 0.3 is 0 Å². The number of nitrogens with zero attached hydrogens (tertiary/aromatic N) is 4. The second-order valence-corrected chi connectivity index (χ2v) is 3.86. The quantitative estimate of drug-likeness (QED) is 0.269. The fourth-order valence-electron chi connectivity index (χ4n) is 1.79. The van der Waals surface area contributed by atoms with Crippen LogP contribution in [0.3, 0.4) is 0 Å². The summed E-state index contributed by atoms with van der Waals surface area (Å²) in [6, 6.07) is 0. The molecule has 3 N–H and O–H groups in total. The van der Waals surface area contributed by atoms with Gasteiger partial charge in [-0.2, -0.15) is 0 Å². The van der Waals surface area contributed by atoms with Gasteiger partial charge in [-0.3, -0.25) is 4.79 Å². The molecule has 0 aliphatic carbocycles. The summed E-state index contributed by atoms with van der Waals surface area (Å²) in [4.78, 5) is 16.1. The normalized spacial score (nSPS) is 19.9. The minimum atomic E-state index is 0.146. The molecule has 7 nitrogen and oxygen atoms in total. The molecule has 0 saturated carbocycles. The van der Waals surface area contributed by atoms with Gasteiger partial charge in [0.2, 0.25) is 5.91 Å². The third kappa shape index (κ3) is 4.06. The number of carbonyl (C=O) groups excluding carboxylic acids is 1.